The van der Waals surface area contributed by atoms with Crippen LogP contribution in [0.15, 0.2) is 30.3 Å². The second-order valence-corrected chi connectivity index (χ2v) is 7.39. The highest BCUT2D eigenvalue weighted by atomic mass is 16.5. The first-order valence-corrected chi connectivity index (χ1v) is 8.94. The van der Waals surface area contributed by atoms with E-state index in [0.717, 1.165) is 57.6 Å². The third-order valence-corrected chi connectivity index (χ3v) is 5.85. The SMILES string of the molecule is O=C(C1CCCOC1c1ccccc1)N1CCC2(CCNC2)C1. The maximum absolute atomic E-state index is 13.1. The van der Waals surface area contributed by atoms with Crippen molar-refractivity contribution in [1.82, 2.24) is 10.2 Å². The molecule has 0 saturated carbocycles. The van der Waals surface area contributed by atoms with Crippen LogP contribution in [0.4, 0.5) is 0 Å². The summed E-state index contributed by atoms with van der Waals surface area (Å²) in [7, 11) is 0. The van der Waals surface area contributed by atoms with Crippen LogP contribution in [-0.4, -0.2) is 43.6 Å². The van der Waals surface area contributed by atoms with Gasteiger partial charge in [-0.15, -0.1) is 0 Å². The van der Waals surface area contributed by atoms with Gasteiger partial charge in [-0.3, -0.25) is 4.79 Å². The molecule has 0 radical (unpaired) electrons. The van der Waals surface area contributed by atoms with E-state index < -0.39 is 0 Å². The minimum absolute atomic E-state index is 0.0179. The number of amides is 1. The van der Waals surface area contributed by atoms with Gasteiger partial charge in [0.05, 0.1) is 12.0 Å². The monoisotopic (exact) mass is 314 g/mol. The van der Waals surface area contributed by atoms with Gasteiger partial charge in [0.25, 0.3) is 0 Å². The summed E-state index contributed by atoms with van der Waals surface area (Å²) in [6.07, 6.45) is 4.21. The summed E-state index contributed by atoms with van der Waals surface area (Å²) in [5.41, 5.74) is 1.48. The van der Waals surface area contributed by atoms with Crippen molar-refractivity contribution in [2.45, 2.75) is 31.8 Å². The predicted molar refractivity (Wildman–Crippen MR) is 89.0 cm³/mol. The lowest BCUT2D eigenvalue weighted by atomic mass is 9.86. The van der Waals surface area contributed by atoms with Crippen LogP contribution in [0.2, 0.25) is 0 Å². The molecule has 4 heteroatoms. The summed E-state index contributed by atoms with van der Waals surface area (Å²) in [6, 6.07) is 10.2. The fraction of sp³-hybridized carbons (Fsp3) is 0.632. The number of nitrogens with one attached hydrogen (secondary N) is 1. The van der Waals surface area contributed by atoms with Crippen LogP contribution >= 0.6 is 0 Å². The van der Waals surface area contributed by atoms with Crippen molar-refractivity contribution >= 4 is 5.91 Å². The summed E-state index contributed by atoms with van der Waals surface area (Å²) in [5.74, 6) is 0.290. The van der Waals surface area contributed by atoms with Crippen LogP contribution in [0.1, 0.15) is 37.4 Å². The molecule has 3 aliphatic heterocycles. The maximum atomic E-state index is 13.1. The van der Waals surface area contributed by atoms with E-state index in [1.807, 2.05) is 18.2 Å². The molecule has 1 aromatic rings. The van der Waals surface area contributed by atoms with Gasteiger partial charge in [-0.05, 0) is 37.8 Å². The number of carbonyl (C=O) groups excluding carboxylic acids is 1. The minimum atomic E-state index is -0.0734. The van der Waals surface area contributed by atoms with Gasteiger partial charge in [-0.25, -0.2) is 0 Å². The summed E-state index contributed by atoms with van der Waals surface area (Å²) in [6.45, 7) is 4.77. The molecular formula is C19H26N2O2. The summed E-state index contributed by atoms with van der Waals surface area (Å²) < 4.78 is 6.01. The fourth-order valence-electron chi connectivity index (χ4n) is 4.51. The zero-order valence-electron chi connectivity index (χ0n) is 13.7. The Morgan fingerprint density at radius 2 is 2.13 bits per heavy atom. The van der Waals surface area contributed by atoms with Crippen LogP contribution in [0.5, 0.6) is 0 Å². The predicted octanol–water partition coefficient (Wildman–Crippen LogP) is 2.37. The standard InChI is InChI=1S/C19H26N2O2/c22-18(21-11-9-19(14-21)8-10-20-13-19)16-7-4-12-23-17(16)15-5-2-1-3-6-15/h1-3,5-6,16-17,20H,4,7-14H2. The van der Waals surface area contributed by atoms with Gasteiger partial charge in [0, 0.05) is 31.7 Å². The topological polar surface area (TPSA) is 41.6 Å². The van der Waals surface area contributed by atoms with E-state index in [-0.39, 0.29) is 12.0 Å². The zero-order chi connectivity index (χ0) is 15.7. The normalized spacial score (nSPS) is 34.2. The summed E-state index contributed by atoms with van der Waals surface area (Å²) in [5, 5.41) is 3.47. The van der Waals surface area contributed by atoms with Gasteiger partial charge in [0.15, 0.2) is 0 Å². The number of ether oxygens (including phenoxy) is 1. The Morgan fingerprint density at radius 3 is 2.91 bits per heavy atom. The van der Waals surface area contributed by atoms with Crippen LogP contribution < -0.4 is 5.32 Å². The van der Waals surface area contributed by atoms with E-state index in [9.17, 15) is 4.79 Å². The number of rotatable bonds is 2. The van der Waals surface area contributed by atoms with Crippen LogP contribution in [0.3, 0.4) is 0 Å². The second kappa shape index (κ2) is 6.25. The Bertz CT molecular complexity index is 554. The molecule has 3 unspecified atom stereocenters. The van der Waals surface area contributed by atoms with Crippen molar-refractivity contribution in [1.29, 1.82) is 0 Å². The van der Waals surface area contributed by atoms with Crippen LogP contribution in [0.25, 0.3) is 0 Å². The highest BCUT2D eigenvalue weighted by molar-refractivity contribution is 5.80. The first kappa shape index (κ1) is 15.2. The third kappa shape index (κ3) is 2.90. The number of hydrogen-bond donors (Lipinski definition) is 1. The lowest BCUT2D eigenvalue weighted by molar-refractivity contribution is -0.144. The fourth-order valence-corrected chi connectivity index (χ4v) is 4.51. The number of hydrogen-bond acceptors (Lipinski definition) is 3. The lowest BCUT2D eigenvalue weighted by Gasteiger charge is -2.34. The zero-order valence-corrected chi connectivity index (χ0v) is 13.7. The molecule has 23 heavy (non-hydrogen) atoms. The maximum Gasteiger partial charge on any atom is 0.228 e. The van der Waals surface area contributed by atoms with Crippen molar-refractivity contribution in [2.75, 3.05) is 32.8 Å². The molecule has 1 amide bonds. The van der Waals surface area contributed by atoms with E-state index >= 15 is 0 Å². The number of nitrogens with zero attached hydrogens (tertiary/aromatic N) is 1. The molecule has 3 fully saturated rings. The minimum Gasteiger partial charge on any atom is -0.373 e. The molecule has 0 aromatic heterocycles. The van der Waals surface area contributed by atoms with E-state index in [4.69, 9.17) is 4.74 Å². The largest absolute Gasteiger partial charge is 0.373 e. The van der Waals surface area contributed by atoms with Crippen molar-refractivity contribution in [3.8, 4) is 0 Å². The van der Waals surface area contributed by atoms with Gasteiger partial charge in [-0.1, -0.05) is 30.3 Å². The third-order valence-electron chi connectivity index (χ3n) is 5.85. The molecule has 3 heterocycles. The molecule has 3 saturated heterocycles. The highest BCUT2D eigenvalue weighted by Gasteiger charge is 2.44. The van der Waals surface area contributed by atoms with Gasteiger partial charge in [0.1, 0.15) is 0 Å². The highest BCUT2D eigenvalue weighted by Crippen LogP contribution is 2.40. The van der Waals surface area contributed by atoms with Crippen molar-refractivity contribution in [2.24, 2.45) is 11.3 Å². The average molecular weight is 314 g/mol. The number of likely N-dealkylation sites (tertiary alicyclic amines) is 1. The van der Waals surface area contributed by atoms with Gasteiger partial charge in [-0.2, -0.15) is 0 Å². The van der Waals surface area contributed by atoms with Gasteiger partial charge < -0.3 is 15.0 Å². The lowest BCUT2D eigenvalue weighted by Crippen LogP contribution is -2.41. The molecule has 0 bridgehead atoms. The Labute approximate surface area is 138 Å². The molecule has 1 aromatic carbocycles. The van der Waals surface area contributed by atoms with Crippen LogP contribution in [0, 0.1) is 11.3 Å². The molecule has 4 rings (SSSR count). The van der Waals surface area contributed by atoms with Crippen LogP contribution in [-0.2, 0) is 9.53 Å². The molecule has 4 nitrogen and oxygen atoms in total. The molecule has 1 N–H and O–H groups in total. The first-order valence-electron chi connectivity index (χ1n) is 8.94. The first-order chi connectivity index (χ1) is 11.3. The Morgan fingerprint density at radius 1 is 1.26 bits per heavy atom. The average Bonchev–Trinajstić information content (AvgIpc) is 3.25. The summed E-state index contributed by atoms with van der Waals surface area (Å²) >= 11 is 0. The van der Waals surface area contributed by atoms with Gasteiger partial charge in [0.2, 0.25) is 5.91 Å². The Hall–Kier alpha value is -1.39. The molecule has 3 aliphatic rings. The Kier molecular flexibility index (Phi) is 4.12. The van der Waals surface area contributed by atoms with E-state index in [1.165, 1.54) is 6.42 Å². The smallest absolute Gasteiger partial charge is 0.228 e. The summed E-state index contributed by atoms with van der Waals surface area (Å²) in [4.78, 5) is 15.3. The molecule has 124 valence electrons. The number of benzene rings is 1. The second-order valence-electron chi connectivity index (χ2n) is 7.39. The van der Waals surface area contributed by atoms with Gasteiger partial charge >= 0.3 is 0 Å². The molecular weight excluding hydrogens is 288 g/mol. The molecule has 0 aliphatic carbocycles. The Balaban J connectivity index is 1.50. The molecule has 3 atom stereocenters. The molecule has 1 spiro atoms. The van der Waals surface area contributed by atoms with Crippen molar-refractivity contribution < 1.29 is 9.53 Å². The number of carbonyl (C=O) groups is 1. The van der Waals surface area contributed by atoms with E-state index in [2.05, 4.69) is 22.3 Å². The quantitative estimate of drug-likeness (QED) is 0.911. The van der Waals surface area contributed by atoms with E-state index in [0.29, 0.717) is 11.3 Å². The van der Waals surface area contributed by atoms with Crippen molar-refractivity contribution in [3.63, 3.8) is 0 Å². The van der Waals surface area contributed by atoms with Crippen molar-refractivity contribution in [3.05, 3.63) is 35.9 Å². The van der Waals surface area contributed by atoms with E-state index in [1.54, 1.807) is 0 Å².